The second-order valence-electron chi connectivity index (χ2n) is 9.51. The van der Waals surface area contributed by atoms with Crippen LogP contribution in [0.5, 0.6) is 0 Å². The van der Waals surface area contributed by atoms with E-state index in [0.29, 0.717) is 6.42 Å². The summed E-state index contributed by atoms with van der Waals surface area (Å²) in [6, 6.07) is 0. The largest absolute Gasteiger partial charge is 0.462 e. The second kappa shape index (κ2) is 5.90. The molecule has 2 saturated carbocycles. The fourth-order valence-electron chi connectivity index (χ4n) is 5.82. The Labute approximate surface area is 164 Å². The lowest BCUT2D eigenvalue weighted by atomic mass is 9.72. The summed E-state index contributed by atoms with van der Waals surface area (Å²) in [5.41, 5.74) is -4.35. The molecule has 0 radical (unpaired) electrons. The van der Waals surface area contributed by atoms with Crippen LogP contribution in [0.2, 0.25) is 0 Å². The van der Waals surface area contributed by atoms with E-state index in [9.17, 15) is 24.9 Å². The summed E-state index contributed by atoms with van der Waals surface area (Å²) in [5, 5.41) is 33.0. The Kier molecular flexibility index (Phi) is 4.23. The molecular formula is C20H30O8. The van der Waals surface area contributed by atoms with Crippen molar-refractivity contribution in [2.75, 3.05) is 0 Å². The van der Waals surface area contributed by atoms with Gasteiger partial charge in [0.2, 0.25) is 0 Å². The first kappa shape index (κ1) is 20.1. The molecule has 0 aromatic carbocycles. The molecule has 0 amide bonds. The molecule has 4 aliphatic rings. The van der Waals surface area contributed by atoms with Crippen LogP contribution in [-0.2, 0) is 23.8 Å². The van der Waals surface area contributed by atoms with Crippen molar-refractivity contribution in [3.63, 3.8) is 0 Å². The molecule has 1 spiro atoms. The monoisotopic (exact) mass is 398 g/mol. The van der Waals surface area contributed by atoms with Gasteiger partial charge in [0, 0.05) is 12.3 Å². The number of esters is 2. The maximum Gasteiger partial charge on any atom is 0.309 e. The lowest BCUT2D eigenvalue weighted by molar-refractivity contribution is -0.178. The maximum absolute atomic E-state index is 12.5. The Bertz CT molecular complexity index is 702. The van der Waals surface area contributed by atoms with Crippen molar-refractivity contribution in [1.29, 1.82) is 0 Å². The summed E-state index contributed by atoms with van der Waals surface area (Å²) >= 11 is 0. The molecule has 158 valence electrons. The SMILES string of the molecule is CCC(C)C(=O)O[C@H]1C[C@@](C)(O)[C@@]23O[C@@H]2[C@H](O)[C@@](C)(O)[C@@H]3[C@H]2OC(=O)[C@@H](C)[C@@H]21. The predicted molar refractivity (Wildman–Crippen MR) is 94.8 cm³/mol. The zero-order valence-electron chi connectivity index (χ0n) is 16.9. The van der Waals surface area contributed by atoms with Crippen molar-refractivity contribution in [2.45, 2.75) is 88.7 Å². The molecule has 8 heteroatoms. The quantitative estimate of drug-likeness (QED) is 0.453. The molecule has 2 saturated heterocycles. The normalized spacial score (nSPS) is 55.4. The third kappa shape index (κ3) is 2.32. The zero-order valence-corrected chi connectivity index (χ0v) is 16.9. The van der Waals surface area contributed by atoms with Gasteiger partial charge in [-0.2, -0.15) is 0 Å². The molecule has 2 aliphatic heterocycles. The van der Waals surface area contributed by atoms with Crippen LogP contribution >= 0.6 is 0 Å². The van der Waals surface area contributed by atoms with E-state index >= 15 is 0 Å². The van der Waals surface area contributed by atoms with Crippen molar-refractivity contribution in [1.82, 2.24) is 0 Å². The van der Waals surface area contributed by atoms with Gasteiger partial charge in [-0.25, -0.2) is 0 Å². The van der Waals surface area contributed by atoms with Crippen molar-refractivity contribution in [3.8, 4) is 0 Å². The Morgan fingerprint density at radius 3 is 2.61 bits per heavy atom. The highest BCUT2D eigenvalue weighted by molar-refractivity contribution is 5.76. The number of fused-ring (bicyclic) bond motifs is 2. The number of aliphatic hydroxyl groups is 3. The van der Waals surface area contributed by atoms with E-state index in [2.05, 4.69) is 0 Å². The lowest BCUT2D eigenvalue weighted by Gasteiger charge is -2.40. The molecule has 2 heterocycles. The van der Waals surface area contributed by atoms with E-state index < -0.39 is 70.9 Å². The van der Waals surface area contributed by atoms with Gasteiger partial charge in [0.05, 0.1) is 29.0 Å². The first-order valence-electron chi connectivity index (χ1n) is 10.1. The summed E-state index contributed by atoms with van der Waals surface area (Å²) < 4.78 is 17.2. The fourth-order valence-corrected chi connectivity index (χ4v) is 5.82. The molecule has 1 unspecified atom stereocenters. The highest BCUT2D eigenvalue weighted by Crippen LogP contribution is 2.68. The highest BCUT2D eigenvalue weighted by Gasteiger charge is 2.87. The highest BCUT2D eigenvalue weighted by atomic mass is 16.7. The molecule has 0 bridgehead atoms. The van der Waals surface area contributed by atoms with Gasteiger partial charge in [-0.1, -0.05) is 20.8 Å². The number of carbonyl (C=O) groups is 2. The number of aliphatic hydroxyl groups excluding tert-OH is 1. The van der Waals surface area contributed by atoms with Gasteiger partial charge in [0.15, 0.2) is 0 Å². The van der Waals surface area contributed by atoms with Crippen LogP contribution in [0, 0.1) is 23.7 Å². The second-order valence-corrected chi connectivity index (χ2v) is 9.51. The molecular weight excluding hydrogens is 368 g/mol. The summed E-state index contributed by atoms with van der Waals surface area (Å²) in [6.07, 6.45) is -2.92. The third-order valence-corrected chi connectivity index (χ3v) is 7.73. The van der Waals surface area contributed by atoms with Crippen LogP contribution in [-0.4, -0.2) is 68.5 Å². The van der Waals surface area contributed by atoms with Gasteiger partial charge in [0.1, 0.15) is 30.0 Å². The first-order chi connectivity index (χ1) is 12.9. The Morgan fingerprint density at radius 2 is 2.00 bits per heavy atom. The van der Waals surface area contributed by atoms with Gasteiger partial charge >= 0.3 is 11.9 Å². The standard InChI is InChI=1S/C20H30O8/c1-6-8(2)16(22)26-10-7-18(4,24)20-13(12-11(10)9(3)17(23)27-12)19(5,25)14(21)15(20)28-20/h8-15,21,24-25H,6-7H2,1-5H3/t8?,9-,10-,11+,12-,13-,14-,15+,18+,19-,20-/m0/s1. The molecule has 11 atom stereocenters. The molecule has 4 rings (SSSR count). The van der Waals surface area contributed by atoms with E-state index in [1.807, 2.05) is 6.92 Å². The van der Waals surface area contributed by atoms with Crippen molar-refractivity contribution in [2.24, 2.45) is 23.7 Å². The van der Waals surface area contributed by atoms with Gasteiger partial charge in [-0.15, -0.1) is 0 Å². The number of epoxide rings is 1. The van der Waals surface area contributed by atoms with Crippen LogP contribution in [0.4, 0.5) is 0 Å². The molecule has 2 aliphatic carbocycles. The van der Waals surface area contributed by atoms with E-state index in [-0.39, 0.29) is 12.3 Å². The van der Waals surface area contributed by atoms with Gasteiger partial charge in [0.25, 0.3) is 0 Å². The van der Waals surface area contributed by atoms with E-state index in [0.717, 1.165) is 0 Å². The van der Waals surface area contributed by atoms with Crippen molar-refractivity contribution in [3.05, 3.63) is 0 Å². The minimum absolute atomic E-state index is 0.0348. The minimum Gasteiger partial charge on any atom is -0.462 e. The number of ether oxygens (including phenoxy) is 3. The van der Waals surface area contributed by atoms with Crippen LogP contribution in [0.1, 0.15) is 47.5 Å². The van der Waals surface area contributed by atoms with Crippen LogP contribution in [0.25, 0.3) is 0 Å². The van der Waals surface area contributed by atoms with Gasteiger partial charge < -0.3 is 29.5 Å². The number of hydrogen-bond acceptors (Lipinski definition) is 8. The molecule has 28 heavy (non-hydrogen) atoms. The lowest BCUT2D eigenvalue weighted by Crippen LogP contribution is -2.56. The van der Waals surface area contributed by atoms with Gasteiger partial charge in [-0.05, 0) is 20.3 Å². The van der Waals surface area contributed by atoms with Crippen molar-refractivity contribution < 1.29 is 39.1 Å². The topological polar surface area (TPSA) is 126 Å². The molecule has 3 N–H and O–H groups in total. The number of carbonyl (C=O) groups excluding carboxylic acids is 2. The van der Waals surface area contributed by atoms with E-state index in [1.54, 1.807) is 20.8 Å². The fraction of sp³-hybridized carbons (Fsp3) is 0.900. The number of rotatable bonds is 3. The number of hydrogen-bond donors (Lipinski definition) is 3. The molecule has 4 fully saturated rings. The van der Waals surface area contributed by atoms with Crippen LogP contribution in [0.15, 0.2) is 0 Å². The Hall–Kier alpha value is -1.22. The molecule has 8 nitrogen and oxygen atoms in total. The average Bonchev–Trinajstić information content (AvgIpc) is 3.25. The summed E-state index contributed by atoms with van der Waals surface area (Å²) in [7, 11) is 0. The Morgan fingerprint density at radius 1 is 1.36 bits per heavy atom. The molecule has 0 aromatic rings. The van der Waals surface area contributed by atoms with Crippen LogP contribution < -0.4 is 0 Å². The predicted octanol–water partition coefficient (Wildman–Crippen LogP) is 0.156. The summed E-state index contributed by atoms with van der Waals surface area (Å²) in [5.74, 6) is -3.09. The van der Waals surface area contributed by atoms with Crippen molar-refractivity contribution >= 4 is 11.9 Å². The minimum atomic E-state index is -1.62. The summed E-state index contributed by atoms with van der Waals surface area (Å²) in [6.45, 7) is 8.41. The Balaban J connectivity index is 1.78. The maximum atomic E-state index is 12.5. The van der Waals surface area contributed by atoms with E-state index in [4.69, 9.17) is 14.2 Å². The smallest absolute Gasteiger partial charge is 0.309 e. The van der Waals surface area contributed by atoms with E-state index in [1.165, 1.54) is 6.92 Å². The average molecular weight is 398 g/mol. The van der Waals surface area contributed by atoms with Gasteiger partial charge in [-0.3, -0.25) is 9.59 Å². The molecule has 0 aromatic heterocycles. The first-order valence-corrected chi connectivity index (χ1v) is 10.1. The van der Waals surface area contributed by atoms with Crippen LogP contribution in [0.3, 0.4) is 0 Å². The zero-order chi connectivity index (χ0) is 20.8. The third-order valence-electron chi connectivity index (χ3n) is 7.73. The summed E-state index contributed by atoms with van der Waals surface area (Å²) in [4.78, 5) is 24.9.